The molecule has 1 aromatic carbocycles. The molecule has 0 amide bonds. The van der Waals surface area contributed by atoms with Gasteiger partial charge >= 0.3 is 7.94 Å². The Bertz CT molecular complexity index is 656. The molecule has 0 fully saturated rings. The van der Waals surface area contributed by atoms with E-state index in [2.05, 4.69) is 19.9 Å². The van der Waals surface area contributed by atoms with Gasteiger partial charge in [0.25, 0.3) is 0 Å². The fourth-order valence-electron chi connectivity index (χ4n) is 5.72. The summed E-state index contributed by atoms with van der Waals surface area (Å²) in [6, 6.07) is 5.73. The lowest BCUT2D eigenvalue weighted by Crippen LogP contribution is -2.18. The predicted molar refractivity (Wildman–Crippen MR) is 169 cm³/mol. The van der Waals surface area contributed by atoms with E-state index in [-0.39, 0.29) is 0 Å². The summed E-state index contributed by atoms with van der Waals surface area (Å²) in [6.07, 6.45) is 33.7. The number of hydrogen-bond donors (Lipinski definition) is 3. The van der Waals surface area contributed by atoms with Crippen LogP contribution in [0.1, 0.15) is 179 Å². The van der Waals surface area contributed by atoms with Gasteiger partial charge in [-0.15, -0.1) is 0 Å². The summed E-state index contributed by atoms with van der Waals surface area (Å²) in [5.41, 5.74) is 2.21. The van der Waals surface area contributed by atoms with Crippen molar-refractivity contribution in [3.05, 3.63) is 29.3 Å². The quantitative estimate of drug-likeness (QED) is 0.0753. The number of hydrogen-bond acceptors (Lipinski definition) is 3. The normalized spacial score (nSPS) is 11.9. The van der Waals surface area contributed by atoms with Crippen LogP contribution in [0, 0.1) is 0 Å². The van der Waals surface area contributed by atoms with Crippen LogP contribution in [-0.4, -0.2) is 14.7 Å². The molecule has 0 heterocycles. The first-order valence-corrected chi connectivity index (χ1v) is 18.3. The molecule has 0 bridgehead atoms. The summed E-state index contributed by atoms with van der Waals surface area (Å²) in [5, 5.41) is 0.386. The lowest BCUT2D eigenvalue weighted by Gasteiger charge is -2.15. The van der Waals surface area contributed by atoms with Crippen LogP contribution in [0.4, 0.5) is 0 Å². The molecule has 0 aliphatic rings. The summed E-state index contributed by atoms with van der Waals surface area (Å²) in [5.74, 6) is 0. The van der Waals surface area contributed by atoms with Crippen LogP contribution in [0.5, 0.6) is 0 Å². The van der Waals surface area contributed by atoms with E-state index in [4.69, 9.17) is 0 Å². The SMILES string of the molecule is CCCCCCCCCCCCCCc1cccc([P+](O)(O)O)c1CCCCCCCCCCCCCC. The highest BCUT2D eigenvalue weighted by atomic mass is 31.2. The Kier molecular flexibility index (Phi) is 22.8. The average Bonchev–Trinajstić information content (AvgIpc) is 2.89. The van der Waals surface area contributed by atoms with E-state index < -0.39 is 7.94 Å². The molecule has 1 rings (SSSR count). The lowest BCUT2D eigenvalue weighted by molar-refractivity contribution is 0.346. The summed E-state index contributed by atoms with van der Waals surface area (Å²) in [4.78, 5) is 30.2. The van der Waals surface area contributed by atoms with E-state index in [1.165, 1.54) is 147 Å². The van der Waals surface area contributed by atoms with Crippen molar-refractivity contribution in [2.45, 2.75) is 181 Å². The van der Waals surface area contributed by atoms with Crippen LogP contribution in [0.25, 0.3) is 0 Å². The molecule has 0 radical (unpaired) electrons. The van der Waals surface area contributed by atoms with E-state index in [0.717, 1.165) is 31.2 Å². The summed E-state index contributed by atoms with van der Waals surface area (Å²) < 4.78 is 0. The summed E-state index contributed by atoms with van der Waals surface area (Å²) in [6.45, 7) is 4.55. The molecule has 0 spiro atoms. The van der Waals surface area contributed by atoms with E-state index in [0.29, 0.717) is 5.30 Å². The van der Waals surface area contributed by atoms with E-state index in [9.17, 15) is 14.7 Å². The standard InChI is InChI=1S/C34H64O3P/c1-3-5-7-9-11-13-15-17-19-21-23-25-28-32-29-27-31-34(38(35,36)37)33(32)30-26-24-22-20-18-16-14-12-10-8-6-4-2/h27,29,31,35-37H,3-26,28,30H2,1-2H3/q+1. The molecule has 0 saturated heterocycles. The van der Waals surface area contributed by atoms with Crippen molar-refractivity contribution in [3.8, 4) is 0 Å². The largest absolute Gasteiger partial charge is 0.441 e. The third kappa shape index (κ3) is 18.8. The second-order valence-corrected chi connectivity index (χ2v) is 13.4. The van der Waals surface area contributed by atoms with Crippen LogP contribution in [0.3, 0.4) is 0 Å². The Morgan fingerprint density at radius 3 is 1.16 bits per heavy atom. The topological polar surface area (TPSA) is 60.7 Å². The van der Waals surface area contributed by atoms with Gasteiger partial charge in [0.2, 0.25) is 0 Å². The first kappa shape index (κ1) is 35.6. The van der Waals surface area contributed by atoms with Crippen LogP contribution in [0.15, 0.2) is 18.2 Å². The molecule has 3 N–H and O–H groups in total. The van der Waals surface area contributed by atoms with Gasteiger partial charge in [-0.2, -0.15) is 14.7 Å². The van der Waals surface area contributed by atoms with E-state index in [1.54, 1.807) is 6.07 Å². The predicted octanol–water partition coefficient (Wildman–Crippen LogP) is 10.5. The summed E-state index contributed by atoms with van der Waals surface area (Å²) >= 11 is 0. The smallest absolute Gasteiger partial charge is 0.189 e. The summed E-state index contributed by atoms with van der Waals surface area (Å²) in [7, 11) is -3.99. The maximum atomic E-state index is 10.1. The first-order chi connectivity index (χ1) is 18.5. The lowest BCUT2D eigenvalue weighted by atomic mass is 9.96. The van der Waals surface area contributed by atoms with Crippen LogP contribution in [-0.2, 0) is 12.8 Å². The Balaban J connectivity index is 2.27. The second-order valence-electron chi connectivity index (χ2n) is 11.8. The molecule has 0 aliphatic carbocycles. The Morgan fingerprint density at radius 1 is 0.447 bits per heavy atom. The minimum Gasteiger partial charge on any atom is -0.189 e. The molecular weight excluding hydrogens is 487 g/mol. The maximum Gasteiger partial charge on any atom is 0.441 e. The van der Waals surface area contributed by atoms with Gasteiger partial charge in [-0.25, -0.2) is 0 Å². The number of benzene rings is 1. The molecule has 0 aliphatic heterocycles. The third-order valence-electron chi connectivity index (χ3n) is 8.15. The van der Waals surface area contributed by atoms with Crippen LogP contribution < -0.4 is 5.30 Å². The van der Waals surface area contributed by atoms with Crippen molar-refractivity contribution in [1.29, 1.82) is 0 Å². The van der Waals surface area contributed by atoms with Gasteiger partial charge in [0.05, 0.1) is 0 Å². The molecular formula is C34H64O3P+. The zero-order chi connectivity index (χ0) is 27.7. The Hall–Kier alpha value is -0.470. The molecule has 0 saturated carbocycles. The molecule has 0 atom stereocenters. The third-order valence-corrected chi connectivity index (χ3v) is 9.22. The monoisotopic (exact) mass is 551 g/mol. The Morgan fingerprint density at radius 2 is 0.789 bits per heavy atom. The number of rotatable bonds is 27. The number of unbranched alkanes of at least 4 members (excludes halogenated alkanes) is 22. The first-order valence-electron chi connectivity index (χ1n) is 16.7. The van der Waals surface area contributed by atoms with Gasteiger partial charge in [-0.3, -0.25) is 0 Å². The number of aryl methyl sites for hydroxylation is 1. The van der Waals surface area contributed by atoms with Gasteiger partial charge in [0.1, 0.15) is 0 Å². The highest BCUT2D eigenvalue weighted by molar-refractivity contribution is 7.66. The molecule has 0 aromatic heterocycles. The fraction of sp³-hybridized carbons (Fsp3) is 0.824. The van der Waals surface area contributed by atoms with Crippen LogP contribution in [0.2, 0.25) is 0 Å². The molecule has 4 heteroatoms. The van der Waals surface area contributed by atoms with Crippen molar-refractivity contribution >= 4 is 13.2 Å². The highest BCUT2D eigenvalue weighted by Crippen LogP contribution is 2.45. The minimum atomic E-state index is -3.99. The zero-order valence-corrected chi connectivity index (χ0v) is 26.3. The molecule has 0 unspecified atom stereocenters. The van der Waals surface area contributed by atoms with Crippen molar-refractivity contribution < 1.29 is 14.7 Å². The van der Waals surface area contributed by atoms with Gasteiger partial charge < -0.3 is 0 Å². The average molecular weight is 552 g/mol. The highest BCUT2D eigenvalue weighted by Gasteiger charge is 2.37. The second kappa shape index (κ2) is 24.3. The van der Waals surface area contributed by atoms with Gasteiger partial charge in [-0.1, -0.05) is 167 Å². The molecule has 222 valence electrons. The molecule has 1 aromatic rings. The van der Waals surface area contributed by atoms with E-state index in [1.807, 2.05) is 6.07 Å². The van der Waals surface area contributed by atoms with Crippen molar-refractivity contribution in [2.75, 3.05) is 0 Å². The van der Waals surface area contributed by atoms with Gasteiger partial charge in [0, 0.05) is 5.56 Å². The minimum absolute atomic E-state index is 0.386. The molecule has 38 heavy (non-hydrogen) atoms. The van der Waals surface area contributed by atoms with Crippen LogP contribution >= 0.6 is 7.94 Å². The zero-order valence-electron chi connectivity index (χ0n) is 25.4. The van der Waals surface area contributed by atoms with Crippen molar-refractivity contribution in [2.24, 2.45) is 0 Å². The van der Waals surface area contributed by atoms with Gasteiger partial charge in [-0.05, 0) is 37.3 Å². The maximum absolute atomic E-state index is 10.1. The molecule has 3 nitrogen and oxygen atoms in total. The van der Waals surface area contributed by atoms with Crippen molar-refractivity contribution in [3.63, 3.8) is 0 Å². The van der Waals surface area contributed by atoms with Crippen molar-refractivity contribution in [1.82, 2.24) is 0 Å². The van der Waals surface area contributed by atoms with Gasteiger partial charge in [0.15, 0.2) is 5.30 Å². The fourth-order valence-corrected chi connectivity index (χ4v) is 6.63. The Labute approximate surface area is 237 Å². The van der Waals surface area contributed by atoms with E-state index >= 15 is 0 Å².